The van der Waals surface area contributed by atoms with Gasteiger partial charge in [0.25, 0.3) is 0 Å². The summed E-state index contributed by atoms with van der Waals surface area (Å²) >= 11 is 1.37. The fourth-order valence-electron chi connectivity index (χ4n) is 2.84. The fraction of sp³-hybridized carbons (Fsp3) is 0.0952. The van der Waals surface area contributed by atoms with E-state index in [1.807, 2.05) is 23.6 Å². The third-order valence-corrected chi connectivity index (χ3v) is 5.15. The number of aromatic nitrogens is 2. The quantitative estimate of drug-likeness (QED) is 0.236. The summed E-state index contributed by atoms with van der Waals surface area (Å²) in [7, 11) is 3.15. The second-order valence-corrected chi connectivity index (χ2v) is 7.12. The van der Waals surface area contributed by atoms with Gasteiger partial charge in [0.15, 0.2) is 5.76 Å². The van der Waals surface area contributed by atoms with Crippen molar-refractivity contribution in [2.75, 3.05) is 14.2 Å². The standard InChI is InChI=1S/C21H17N5O5S/c1-29-15-5-7-17(19(10-15)30-2)18-13-32-21(24-14-4-3-9-22-11-14)25(18)23-12-16-6-8-20(31-16)26(27)28/h3-13H,1-2H3. The van der Waals surface area contributed by atoms with Gasteiger partial charge in [0.2, 0.25) is 4.80 Å². The van der Waals surface area contributed by atoms with Crippen molar-refractivity contribution >= 4 is 29.1 Å². The first-order valence-electron chi connectivity index (χ1n) is 9.25. The first-order chi connectivity index (χ1) is 15.6. The molecule has 0 saturated heterocycles. The highest BCUT2D eigenvalue weighted by molar-refractivity contribution is 7.07. The molecule has 11 heteroatoms. The number of nitrogens with zero attached hydrogens (tertiary/aromatic N) is 5. The highest BCUT2D eigenvalue weighted by Crippen LogP contribution is 2.33. The zero-order chi connectivity index (χ0) is 22.5. The lowest BCUT2D eigenvalue weighted by molar-refractivity contribution is -0.402. The van der Waals surface area contributed by atoms with Crippen LogP contribution in [0.3, 0.4) is 0 Å². The molecule has 0 fully saturated rings. The molecule has 0 spiro atoms. The number of furan rings is 1. The molecule has 10 nitrogen and oxygen atoms in total. The number of hydrogen-bond donors (Lipinski definition) is 0. The van der Waals surface area contributed by atoms with Gasteiger partial charge in [0.05, 0.1) is 44.1 Å². The van der Waals surface area contributed by atoms with E-state index in [0.717, 1.165) is 5.56 Å². The molecular formula is C21H17N5O5S. The number of thiazole rings is 1. The molecule has 0 aliphatic rings. The molecule has 3 heterocycles. The monoisotopic (exact) mass is 451 g/mol. The molecule has 4 aromatic rings. The van der Waals surface area contributed by atoms with Crippen molar-refractivity contribution in [1.29, 1.82) is 0 Å². The number of ether oxygens (including phenoxy) is 2. The third-order valence-electron chi connectivity index (χ3n) is 4.33. The van der Waals surface area contributed by atoms with Crippen LogP contribution in [0.2, 0.25) is 0 Å². The summed E-state index contributed by atoms with van der Waals surface area (Å²) in [6, 6.07) is 11.8. The van der Waals surface area contributed by atoms with Gasteiger partial charge in [-0.25, -0.2) is 9.67 Å². The average molecular weight is 451 g/mol. The van der Waals surface area contributed by atoms with E-state index >= 15 is 0 Å². The van der Waals surface area contributed by atoms with Crippen LogP contribution in [0, 0.1) is 10.1 Å². The molecule has 0 aliphatic carbocycles. The lowest BCUT2D eigenvalue weighted by atomic mass is 10.1. The summed E-state index contributed by atoms with van der Waals surface area (Å²) in [5.74, 6) is 1.11. The molecule has 0 saturated carbocycles. The van der Waals surface area contributed by atoms with Gasteiger partial charge in [0, 0.05) is 23.2 Å². The summed E-state index contributed by atoms with van der Waals surface area (Å²) in [6.45, 7) is 0. The second kappa shape index (κ2) is 9.27. The summed E-state index contributed by atoms with van der Waals surface area (Å²) in [5.41, 5.74) is 2.12. The van der Waals surface area contributed by atoms with E-state index in [1.165, 1.54) is 29.7 Å². The van der Waals surface area contributed by atoms with Crippen LogP contribution in [0.4, 0.5) is 11.6 Å². The molecule has 0 atom stereocenters. The molecule has 0 bridgehead atoms. The number of hydrogen-bond acceptors (Lipinski definition) is 9. The Balaban J connectivity index is 1.85. The van der Waals surface area contributed by atoms with Crippen LogP contribution >= 0.6 is 11.3 Å². The molecule has 0 radical (unpaired) electrons. The summed E-state index contributed by atoms with van der Waals surface area (Å²) in [4.78, 5) is 19.5. The van der Waals surface area contributed by atoms with Gasteiger partial charge in [-0.05, 0) is 30.3 Å². The Bertz CT molecular complexity index is 1340. The van der Waals surface area contributed by atoms with Crippen LogP contribution in [-0.2, 0) is 0 Å². The lowest BCUT2D eigenvalue weighted by Gasteiger charge is -2.10. The number of methoxy groups -OCH3 is 2. The predicted octanol–water partition coefficient (Wildman–Crippen LogP) is 4.24. The largest absolute Gasteiger partial charge is 0.497 e. The number of nitro groups is 1. The van der Waals surface area contributed by atoms with Crippen molar-refractivity contribution in [3.8, 4) is 22.8 Å². The van der Waals surface area contributed by atoms with E-state index < -0.39 is 4.92 Å². The topological polar surface area (TPSA) is 117 Å². The van der Waals surface area contributed by atoms with Gasteiger partial charge in [-0.3, -0.25) is 15.1 Å². The molecule has 0 amide bonds. The first kappa shape index (κ1) is 21.0. The summed E-state index contributed by atoms with van der Waals surface area (Å²) in [5, 5.41) is 17.3. The van der Waals surface area contributed by atoms with Gasteiger partial charge in [-0.2, -0.15) is 5.10 Å². The lowest BCUT2D eigenvalue weighted by Crippen LogP contribution is -2.11. The normalized spacial score (nSPS) is 11.8. The van der Waals surface area contributed by atoms with E-state index in [0.29, 0.717) is 27.7 Å². The fourth-order valence-corrected chi connectivity index (χ4v) is 3.69. The summed E-state index contributed by atoms with van der Waals surface area (Å²) < 4.78 is 17.6. The number of benzene rings is 1. The molecule has 0 N–H and O–H groups in total. The van der Waals surface area contributed by atoms with E-state index in [9.17, 15) is 10.1 Å². The van der Waals surface area contributed by atoms with Crippen LogP contribution in [-0.4, -0.2) is 35.0 Å². The Morgan fingerprint density at radius 1 is 1.22 bits per heavy atom. The average Bonchev–Trinajstić information content (AvgIpc) is 3.45. The Hall–Kier alpha value is -4.25. The highest BCUT2D eigenvalue weighted by Gasteiger charge is 2.15. The zero-order valence-electron chi connectivity index (χ0n) is 17.0. The minimum atomic E-state index is -0.605. The molecule has 3 aromatic heterocycles. The molecule has 162 valence electrons. The van der Waals surface area contributed by atoms with E-state index in [4.69, 9.17) is 13.9 Å². The van der Waals surface area contributed by atoms with Gasteiger partial charge < -0.3 is 13.9 Å². The second-order valence-electron chi connectivity index (χ2n) is 6.28. The van der Waals surface area contributed by atoms with Gasteiger partial charge in [0.1, 0.15) is 16.4 Å². The Labute approximate surface area is 185 Å². The SMILES string of the molecule is COc1ccc(-c2csc(=Nc3cccnc3)n2N=Cc2ccc([N+](=O)[O-])o2)c(OC)c1. The number of pyridine rings is 1. The van der Waals surface area contributed by atoms with E-state index in [1.54, 1.807) is 43.4 Å². The predicted molar refractivity (Wildman–Crippen MR) is 119 cm³/mol. The van der Waals surface area contributed by atoms with Crippen LogP contribution < -0.4 is 14.3 Å². The molecular weight excluding hydrogens is 434 g/mol. The maximum atomic E-state index is 10.9. The number of rotatable bonds is 7. The van der Waals surface area contributed by atoms with Crippen molar-refractivity contribution in [1.82, 2.24) is 9.66 Å². The van der Waals surface area contributed by atoms with Gasteiger partial charge >= 0.3 is 5.88 Å². The van der Waals surface area contributed by atoms with E-state index in [2.05, 4.69) is 15.1 Å². The smallest absolute Gasteiger partial charge is 0.433 e. The maximum Gasteiger partial charge on any atom is 0.433 e. The van der Waals surface area contributed by atoms with Crippen molar-refractivity contribution in [3.63, 3.8) is 0 Å². The van der Waals surface area contributed by atoms with Crippen LogP contribution in [0.5, 0.6) is 11.5 Å². The van der Waals surface area contributed by atoms with Crippen molar-refractivity contribution in [3.05, 3.63) is 80.9 Å². The van der Waals surface area contributed by atoms with Crippen LogP contribution in [0.25, 0.3) is 11.3 Å². The third kappa shape index (κ3) is 4.42. The summed E-state index contributed by atoms with van der Waals surface area (Å²) in [6.07, 6.45) is 4.69. The van der Waals surface area contributed by atoms with E-state index in [-0.39, 0.29) is 11.6 Å². The molecule has 1 aromatic carbocycles. The van der Waals surface area contributed by atoms with Crippen molar-refractivity contribution in [2.24, 2.45) is 10.1 Å². The van der Waals surface area contributed by atoms with Crippen LogP contribution in [0.15, 0.2) is 74.7 Å². The van der Waals surface area contributed by atoms with Crippen molar-refractivity contribution < 1.29 is 18.8 Å². The zero-order valence-corrected chi connectivity index (χ0v) is 17.9. The van der Waals surface area contributed by atoms with Crippen molar-refractivity contribution in [2.45, 2.75) is 0 Å². The Morgan fingerprint density at radius 3 is 2.78 bits per heavy atom. The Kier molecular flexibility index (Phi) is 6.08. The van der Waals surface area contributed by atoms with Gasteiger partial charge in [-0.15, -0.1) is 11.3 Å². The van der Waals surface area contributed by atoms with Crippen LogP contribution in [0.1, 0.15) is 5.76 Å². The minimum Gasteiger partial charge on any atom is -0.497 e. The maximum absolute atomic E-state index is 10.9. The molecule has 4 rings (SSSR count). The molecule has 0 unspecified atom stereocenters. The first-order valence-corrected chi connectivity index (χ1v) is 10.1. The minimum absolute atomic E-state index is 0.232. The molecule has 0 aliphatic heterocycles. The Morgan fingerprint density at radius 2 is 2.09 bits per heavy atom. The highest BCUT2D eigenvalue weighted by atomic mass is 32.1. The molecule has 32 heavy (non-hydrogen) atoms. The van der Waals surface area contributed by atoms with Gasteiger partial charge in [-0.1, -0.05) is 0 Å².